The monoisotopic (exact) mass is 379 g/mol. The van der Waals surface area contributed by atoms with E-state index in [2.05, 4.69) is 11.1 Å². The Labute approximate surface area is 163 Å². The van der Waals surface area contributed by atoms with Crippen LogP contribution in [0.25, 0.3) is 16.9 Å². The maximum absolute atomic E-state index is 9.11. The number of pyridine rings is 1. The van der Waals surface area contributed by atoms with E-state index in [0.717, 1.165) is 22.7 Å². The van der Waals surface area contributed by atoms with Crippen LogP contribution in [0.1, 0.15) is 5.56 Å². The Morgan fingerprint density at radius 3 is 2.75 bits per heavy atom. The molecule has 1 aromatic carbocycles. The molecule has 1 fully saturated rings. The van der Waals surface area contributed by atoms with Gasteiger partial charge >= 0.3 is 0 Å². The predicted molar refractivity (Wildman–Crippen MR) is 102 cm³/mol. The number of aromatic nitrogens is 2. The summed E-state index contributed by atoms with van der Waals surface area (Å²) < 4.78 is 24.1. The summed E-state index contributed by atoms with van der Waals surface area (Å²) in [5.41, 5.74) is 3.32. The molecular weight excluding hydrogens is 358 g/mol. The van der Waals surface area contributed by atoms with Gasteiger partial charge in [-0.2, -0.15) is 5.26 Å². The van der Waals surface area contributed by atoms with Gasteiger partial charge in [0.15, 0.2) is 0 Å². The Kier molecular flexibility index (Phi) is 5.53. The molecule has 0 bridgehead atoms. The fraction of sp³-hybridized carbons (Fsp3) is 0.333. The minimum atomic E-state index is -0.0376. The number of imidazole rings is 1. The van der Waals surface area contributed by atoms with E-state index < -0.39 is 0 Å². The van der Waals surface area contributed by atoms with E-state index in [1.54, 1.807) is 25.6 Å². The molecule has 4 rings (SSSR count). The first-order chi connectivity index (χ1) is 13.8. The summed E-state index contributed by atoms with van der Waals surface area (Å²) in [6.45, 7) is 2.05. The molecule has 1 saturated heterocycles. The lowest BCUT2D eigenvalue weighted by molar-refractivity contribution is -0.0359. The fourth-order valence-corrected chi connectivity index (χ4v) is 3.23. The molecule has 1 aliphatic rings. The van der Waals surface area contributed by atoms with Crippen LogP contribution in [0.4, 0.5) is 0 Å². The van der Waals surface area contributed by atoms with Crippen molar-refractivity contribution in [3.63, 3.8) is 0 Å². The van der Waals surface area contributed by atoms with E-state index in [0.29, 0.717) is 32.0 Å². The summed E-state index contributed by atoms with van der Waals surface area (Å²) in [5.74, 6) is 0.768. The van der Waals surface area contributed by atoms with Gasteiger partial charge in [0.2, 0.25) is 0 Å². The van der Waals surface area contributed by atoms with Crippen molar-refractivity contribution in [2.24, 2.45) is 0 Å². The molecule has 2 aromatic heterocycles. The molecule has 3 aromatic rings. The second-order valence-corrected chi connectivity index (χ2v) is 6.49. The van der Waals surface area contributed by atoms with Crippen LogP contribution in [0.15, 0.2) is 48.8 Å². The molecule has 7 nitrogen and oxygen atoms in total. The van der Waals surface area contributed by atoms with Crippen molar-refractivity contribution in [3.05, 3.63) is 54.4 Å². The van der Waals surface area contributed by atoms with Crippen LogP contribution in [0, 0.1) is 11.3 Å². The quantitative estimate of drug-likeness (QED) is 0.588. The highest BCUT2D eigenvalue weighted by Crippen LogP contribution is 2.24. The summed E-state index contributed by atoms with van der Waals surface area (Å²) >= 11 is 0. The lowest BCUT2D eigenvalue weighted by Gasteiger charge is -2.17. The molecular formula is C21H21N3O4. The average molecular weight is 379 g/mol. The van der Waals surface area contributed by atoms with Crippen molar-refractivity contribution >= 4 is 5.65 Å². The zero-order valence-corrected chi connectivity index (χ0v) is 15.6. The Hall–Kier alpha value is -2.92. The number of benzene rings is 1. The Morgan fingerprint density at radius 2 is 1.96 bits per heavy atom. The van der Waals surface area contributed by atoms with E-state index in [1.165, 1.54) is 0 Å². The van der Waals surface area contributed by atoms with Crippen molar-refractivity contribution in [2.75, 3.05) is 33.5 Å². The van der Waals surface area contributed by atoms with Gasteiger partial charge in [0.25, 0.3) is 0 Å². The molecule has 0 radical (unpaired) electrons. The first-order valence-electron chi connectivity index (χ1n) is 9.11. The van der Waals surface area contributed by atoms with Crippen LogP contribution >= 0.6 is 0 Å². The van der Waals surface area contributed by atoms with Crippen LogP contribution in [0.3, 0.4) is 0 Å². The first kappa shape index (κ1) is 18.4. The number of rotatable bonds is 7. The topological polar surface area (TPSA) is 78.0 Å². The van der Waals surface area contributed by atoms with Crippen molar-refractivity contribution < 1.29 is 18.9 Å². The van der Waals surface area contributed by atoms with Crippen LogP contribution in [0.2, 0.25) is 0 Å². The van der Waals surface area contributed by atoms with Crippen molar-refractivity contribution in [1.82, 2.24) is 9.38 Å². The molecule has 7 heteroatoms. The summed E-state index contributed by atoms with van der Waals surface area (Å²) in [6.07, 6.45) is 3.55. The maximum atomic E-state index is 9.11. The minimum absolute atomic E-state index is 0.00805. The zero-order valence-electron chi connectivity index (χ0n) is 15.6. The van der Waals surface area contributed by atoms with E-state index >= 15 is 0 Å². The standard InChI is InChI=1S/C21H21N3O4/c1-25-19-13-26-14-20(19)28-9-8-27-17-5-3-16(4-6-17)18-11-23-21-7-2-15(10-22)12-24(18)21/h2-7,11-12,19-20H,8-9,13-14H2,1H3. The van der Waals surface area contributed by atoms with Crippen LogP contribution in [0.5, 0.6) is 5.75 Å². The number of methoxy groups -OCH3 is 1. The third-order valence-corrected chi connectivity index (χ3v) is 4.75. The fourth-order valence-electron chi connectivity index (χ4n) is 3.23. The average Bonchev–Trinajstić information content (AvgIpc) is 3.37. The van der Waals surface area contributed by atoms with Gasteiger partial charge in [0.05, 0.1) is 37.3 Å². The summed E-state index contributed by atoms with van der Waals surface area (Å²) in [5, 5.41) is 9.11. The number of ether oxygens (including phenoxy) is 4. The molecule has 2 unspecified atom stereocenters. The number of hydrogen-bond acceptors (Lipinski definition) is 6. The van der Waals surface area contributed by atoms with Crippen molar-refractivity contribution in [3.8, 4) is 23.1 Å². The molecule has 3 heterocycles. The third-order valence-electron chi connectivity index (χ3n) is 4.75. The largest absolute Gasteiger partial charge is 0.491 e. The summed E-state index contributed by atoms with van der Waals surface area (Å²) in [4.78, 5) is 4.39. The highest BCUT2D eigenvalue weighted by molar-refractivity contribution is 5.64. The van der Waals surface area contributed by atoms with Gasteiger partial charge in [-0.25, -0.2) is 4.98 Å². The molecule has 0 amide bonds. The molecule has 28 heavy (non-hydrogen) atoms. The third kappa shape index (κ3) is 3.85. The van der Waals surface area contributed by atoms with Gasteiger partial charge in [-0.3, -0.25) is 4.40 Å². The Bertz CT molecular complexity index is 977. The maximum Gasteiger partial charge on any atom is 0.137 e. The van der Waals surface area contributed by atoms with E-state index in [4.69, 9.17) is 24.2 Å². The summed E-state index contributed by atoms with van der Waals surface area (Å²) in [7, 11) is 1.67. The van der Waals surface area contributed by atoms with Gasteiger partial charge in [-0.1, -0.05) is 0 Å². The van der Waals surface area contributed by atoms with E-state index in [9.17, 15) is 0 Å². The van der Waals surface area contributed by atoms with Crippen molar-refractivity contribution in [1.29, 1.82) is 5.26 Å². The highest BCUT2D eigenvalue weighted by Gasteiger charge is 2.28. The van der Waals surface area contributed by atoms with Crippen LogP contribution in [-0.2, 0) is 14.2 Å². The number of fused-ring (bicyclic) bond motifs is 1. The van der Waals surface area contributed by atoms with Crippen molar-refractivity contribution in [2.45, 2.75) is 12.2 Å². The molecule has 0 N–H and O–H groups in total. The predicted octanol–water partition coefficient (Wildman–Crippen LogP) is 2.68. The number of hydrogen-bond donors (Lipinski definition) is 0. The highest BCUT2D eigenvalue weighted by atomic mass is 16.6. The van der Waals surface area contributed by atoms with E-state index in [1.807, 2.05) is 34.7 Å². The zero-order chi connectivity index (χ0) is 19.3. The van der Waals surface area contributed by atoms with Crippen LogP contribution < -0.4 is 4.74 Å². The van der Waals surface area contributed by atoms with Gasteiger partial charge < -0.3 is 18.9 Å². The Morgan fingerprint density at radius 1 is 1.14 bits per heavy atom. The lowest BCUT2D eigenvalue weighted by atomic mass is 10.1. The number of nitrogens with zero attached hydrogens (tertiary/aromatic N) is 3. The lowest BCUT2D eigenvalue weighted by Crippen LogP contribution is -2.30. The Balaban J connectivity index is 1.36. The molecule has 2 atom stereocenters. The van der Waals surface area contributed by atoms with Crippen LogP contribution in [-0.4, -0.2) is 55.1 Å². The first-order valence-corrected chi connectivity index (χ1v) is 9.11. The second kappa shape index (κ2) is 8.40. The number of nitriles is 1. The smallest absolute Gasteiger partial charge is 0.137 e. The SMILES string of the molecule is COC1COCC1OCCOc1ccc(-c2cnc3ccc(C#N)cn23)cc1. The van der Waals surface area contributed by atoms with Gasteiger partial charge in [-0.15, -0.1) is 0 Å². The van der Waals surface area contributed by atoms with E-state index in [-0.39, 0.29) is 12.2 Å². The molecule has 0 aliphatic carbocycles. The molecule has 0 spiro atoms. The molecule has 1 aliphatic heterocycles. The van der Waals surface area contributed by atoms with Gasteiger partial charge in [0, 0.05) is 18.9 Å². The molecule has 144 valence electrons. The minimum Gasteiger partial charge on any atom is -0.491 e. The second-order valence-electron chi connectivity index (χ2n) is 6.49. The van der Waals surface area contributed by atoms with Gasteiger partial charge in [-0.05, 0) is 36.4 Å². The molecule has 0 saturated carbocycles. The summed E-state index contributed by atoms with van der Waals surface area (Å²) in [6, 6.07) is 13.5. The normalized spacial score (nSPS) is 19.0. The van der Waals surface area contributed by atoms with Gasteiger partial charge in [0.1, 0.15) is 36.3 Å².